The third-order valence-corrected chi connectivity index (χ3v) is 5.38. The molecular weight excluding hydrogens is 248 g/mol. The Labute approximate surface area is 126 Å². The molecule has 0 saturated heterocycles. The zero-order valence-electron chi connectivity index (χ0n) is 14.2. The lowest BCUT2D eigenvalue weighted by Gasteiger charge is -2.50. The van der Waals surface area contributed by atoms with E-state index in [9.17, 15) is 0 Å². The molecule has 20 heavy (non-hydrogen) atoms. The molecule has 120 valence electrons. The van der Waals surface area contributed by atoms with Gasteiger partial charge in [-0.1, -0.05) is 26.7 Å². The lowest BCUT2D eigenvalue weighted by molar-refractivity contribution is -0.00603. The predicted molar refractivity (Wildman–Crippen MR) is 87.0 cm³/mol. The summed E-state index contributed by atoms with van der Waals surface area (Å²) in [6, 6.07) is 0.594. The van der Waals surface area contributed by atoms with Gasteiger partial charge in [-0.25, -0.2) is 0 Å². The molecule has 1 aliphatic carbocycles. The van der Waals surface area contributed by atoms with Gasteiger partial charge in [0.1, 0.15) is 0 Å². The summed E-state index contributed by atoms with van der Waals surface area (Å²) in [7, 11) is 1.79. The average Bonchev–Trinajstić information content (AvgIpc) is 2.49. The Kier molecular flexibility index (Phi) is 8.08. The van der Waals surface area contributed by atoms with E-state index < -0.39 is 0 Å². The molecule has 1 atom stereocenters. The van der Waals surface area contributed by atoms with Crippen molar-refractivity contribution in [3.05, 3.63) is 0 Å². The van der Waals surface area contributed by atoms with E-state index in [4.69, 9.17) is 10.5 Å². The fraction of sp³-hybridized carbons (Fsp3) is 1.00. The molecule has 0 heterocycles. The first kappa shape index (κ1) is 17.9. The summed E-state index contributed by atoms with van der Waals surface area (Å²) in [6.45, 7) is 9.53. The van der Waals surface area contributed by atoms with Crippen LogP contribution in [0, 0.1) is 5.92 Å². The van der Waals surface area contributed by atoms with Crippen molar-refractivity contribution in [2.75, 3.05) is 26.8 Å². The lowest BCUT2D eigenvalue weighted by atomic mass is 9.73. The first-order valence-electron chi connectivity index (χ1n) is 8.59. The summed E-state index contributed by atoms with van der Waals surface area (Å²) in [4.78, 5) is 2.65. The van der Waals surface area contributed by atoms with E-state index in [-0.39, 0.29) is 5.54 Å². The number of methoxy groups -OCH3 is 1. The molecule has 1 fully saturated rings. The third kappa shape index (κ3) is 4.44. The molecule has 2 N–H and O–H groups in total. The molecule has 0 aromatic carbocycles. The summed E-state index contributed by atoms with van der Waals surface area (Å²) in [5, 5.41) is 0. The standard InChI is InChI=1S/C17H36N2O/c1-5-7-16-8-10-17(14-18,11-9-16)19(12-13-20-4)15(3)6-2/h15-16H,5-14,18H2,1-4H3. The quantitative estimate of drug-likeness (QED) is 0.705. The maximum Gasteiger partial charge on any atom is 0.0590 e. The van der Waals surface area contributed by atoms with E-state index in [1.165, 1.54) is 44.9 Å². The Balaban J connectivity index is 2.73. The highest BCUT2D eigenvalue weighted by atomic mass is 16.5. The molecule has 3 heteroatoms. The second-order valence-corrected chi connectivity index (χ2v) is 6.60. The second-order valence-electron chi connectivity index (χ2n) is 6.60. The lowest BCUT2D eigenvalue weighted by Crippen LogP contribution is -2.59. The molecular formula is C17H36N2O. The number of nitrogens with two attached hydrogens (primary N) is 1. The van der Waals surface area contributed by atoms with Crippen LogP contribution >= 0.6 is 0 Å². The molecule has 1 rings (SSSR count). The van der Waals surface area contributed by atoms with Crippen LogP contribution in [0.2, 0.25) is 0 Å². The topological polar surface area (TPSA) is 38.5 Å². The maximum absolute atomic E-state index is 6.24. The van der Waals surface area contributed by atoms with Gasteiger partial charge in [0.2, 0.25) is 0 Å². The molecule has 1 unspecified atom stereocenters. The predicted octanol–water partition coefficient (Wildman–Crippen LogP) is 3.42. The van der Waals surface area contributed by atoms with Gasteiger partial charge in [0.05, 0.1) is 6.61 Å². The van der Waals surface area contributed by atoms with Gasteiger partial charge >= 0.3 is 0 Å². The van der Waals surface area contributed by atoms with Gasteiger partial charge in [0.25, 0.3) is 0 Å². The molecule has 0 aromatic heterocycles. The summed E-state index contributed by atoms with van der Waals surface area (Å²) in [6.07, 6.45) is 9.13. The first-order valence-corrected chi connectivity index (χ1v) is 8.59. The van der Waals surface area contributed by atoms with Crippen LogP contribution in [-0.4, -0.2) is 43.3 Å². The van der Waals surface area contributed by atoms with Crippen LogP contribution in [0.4, 0.5) is 0 Å². The van der Waals surface area contributed by atoms with Crippen molar-refractivity contribution in [2.24, 2.45) is 11.7 Å². The molecule has 1 aliphatic rings. The Hall–Kier alpha value is -0.120. The molecule has 0 amide bonds. The molecule has 0 aromatic rings. The Morgan fingerprint density at radius 1 is 1.30 bits per heavy atom. The van der Waals surface area contributed by atoms with Gasteiger partial charge in [0, 0.05) is 31.8 Å². The SMILES string of the molecule is CCCC1CCC(CN)(N(CCOC)C(C)CC)CC1. The fourth-order valence-electron chi connectivity index (χ4n) is 3.86. The maximum atomic E-state index is 6.24. The summed E-state index contributed by atoms with van der Waals surface area (Å²) in [5.41, 5.74) is 6.46. The summed E-state index contributed by atoms with van der Waals surface area (Å²) in [5.74, 6) is 0.931. The van der Waals surface area contributed by atoms with Crippen LogP contribution in [0.15, 0.2) is 0 Å². The highest BCUT2D eigenvalue weighted by Gasteiger charge is 2.40. The molecule has 0 radical (unpaired) electrons. The van der Waals surface area contributed by atoms with E-state index >= 15 is 0 Å². The van der Waals surface area contributed by atoms with Gasteiger partial charge in [-0.15, -0.1) is 0 Å². The van der Waals surface area contributed by atoms with Crippen molar-refractivity contribution < 1.29 is 4.74 Å². The largest absolute Gasteiger partial charge is 0.383 e. The molecule has 1 saturated carbocycles. The first-order chi connectivity index (χ1) is 9.63. The molecule has 0 spiro atoms. The van der Waals surface area contributed by atoms with Gasteiger partial charge in [-0.2, -0.15) is 0 Å². The molecule has 0 bridgehead atoms. The number of hydrogen-bond acceptors (Lipinski definition) is 3. The monoisotopic (exact) mass is 284 g/mol. The Morgan fingerprint density at radius 2 is 1.95 bits per heavy atom. The van der Waals surface area contributed by atoms with Crippen LogP contribution in [0.3, 0.4) is 0 Å². The molecule has 3 nitrogen and oxygen atoms in total. The van der Waals surface area contributed by atoms with Crippen LogP contribution in [0.5, 0.6) is 0 Å². The normalized spacial score (nSPS) is 28.8. The summed E-state index contributed by atoms with van der Waals surface area (Å²) >= 11 is 0. The number of ether oxygens (including phenoxy) is 1. The zero-order chi connectivity index (χ0) is 15.0. The smallest absolute Gasteiger partial charge is 0.0590 e. The Morgan fingerprint density at radius 3 is 2.40 bits per heavy atom. The van der Waals surface area contributed by atoms with Crippen molar-refractivity contribution in [3.63, 3.8) is 0 Å². The average molecular weight is 284 g/mol. The van der Waals surface area contributed by atoms with E-state index in [0.29, 0.717) is 6.04 Å². The van der Waals surface area contributed by atoms with E-state index in [0.717, 1.165) is 25.6 Å². The second kappa shape index (κ2) is 9.01. The Bertz CT molecular complexity index is 249. The van der Waals surface area contributed by atoms with Crippen LogP contribution in [0.25, 0.3) is 0 Å². The van der Waals surface area contributed by atoms with Crippen molar-refractivity contribution in [1.82, 2.24) is 4.90 Å². The van der Waals surface area contributed by atoms with Gasteiger partial charge in [-0.3, -0.25) is 4.90 Å². The minimum atomic E-state index is 0.220. The number of rotatable bonds is 9. The zero-order valence-corrected chi connectivity index (χ0v) is 14.2. The minimum Gasteiger partial charge on any atom is -0.383 e. The van der Waals surface area contributed by atoms with Gasteiger partial charge < -0.3 is 10.5 Å². The van der Waals surface area contributed by atoms with Crippen molar-refractivity contribution >= 4 is 0 Å². The van der Waals surface area contributed by atoms with Crippen LogP contribution in [-0.2, 0) is 4.74 Å². The van der Waals surface area contributed by atoms with Crippen LogP contribution in [0.1, 0.15) is 65.7 Å². The van der Waals surface area contributed by atoms with E-state index in [1.807, 2.05) is 0 Å². The van der Waals surface area contributed by atoms with Crippen molar-refractivity contribution in [3.8, 4) is 0 Å². The molecule has 0 aliphatic heterocycles. The van der Waals surface area contributed by atoms with Crippen molar-refractivity contribution in [2.45, 2.75) is 77.3 Å². The van der Waals surface area contributed by atoms with Crippen molar-refractivity contribution in [1.29, 1.82) is 0 Å². The highest BCUT2D eigenvalue weighted by Crippen LogP contribution is 2.38. The van der Waals surface area contributed by atoms with Crippen LogP contribution < -0.4 is 5.73 Å². The third-order valence-electron chi connectivity index (χ3n) is 5.38. The van der Waals surface area contributed by atoms with E-state index in [2.05, 4.69) is 25.7 Å². The summed E-state index contributed by atoms with van der Waals surface area (Å²) < 4.78 is 5.32. The number of nitrogens with zero attached hydrogens (tertiary/aromatic N) is 1. The fourth-order valence-corrected chi connectivity index (χ4v) is 3.86. The highest BCUT2D eigenvalue weighted by molar-refractivity contribution is 4.97. The van der Waals surface area contributed by atoms with E-state index in [1.54, 1.807) is 7.11 Å². The van der Waals surface area contributed by atoms with Gasteiger partial charge in [-0.05, 0) is 44.9 Å². The minimum absolute atomic E-state index is 0.220. The van der Waals surface area contributed by atoms with Gasteiger partial charge in [0.15, 0.2) is 0 Å². The number of hydrogen-bond donors (Lipinski definition) is 1.